The first kappa shape index (κ1) is 20.0. The normalized spacial score (nSPS) is 18.0. The molecule has 6 nitrogen and oxygen atoms in total. The van der Waals surface area contributed by atoms with Crippen molar-refractivity contribution in [2.24, 2.45) is 5.92 Å². The number of hydrogen-bond donors (Lipinski definition) is 1. The van der Waals surface area contributed by atoms with Gasteiger partial charge in [-0.05, 0) is 62.5 Å². The Bertz CT molecular complexity index is 731. The fourth-order valence-corrected chi connectivity index (χ4v) is 4.62. The van der Waals surface area contributed by atoms with Crippen LogP contribution in [0.3, 0.4) is 0 Å². The van der Waals surface area contributed by atoms with Crippen molar-refractivity contribution >= 4 is 34.0 Å². The molecular formula is C17H26ClN3O3S. The molecule has 1 aromatic rings. The molecule has 8 heteroatoms. The largest absolute Gasteiger partial charge is 0.339 e. The number of anilines is 1. The Morgan fingerprint density at radius 1 is 1.24 bits per heavy atom. The summed E-state index contributed by atoms with van der Waals surface area (Å²) in [5, 5.41) is 3.20. The SMILES string of the molecule is CNCC1CCN(C(=O)c2ccc3c(c2)CCN3S(C)(=O)=O)CC1.Cl. The Balaban J connectivity index is 0.00000225. The Hall–Kier alpha value is -1.31. The van der Waals surface area contributed by atoms with Gasteiger partial charge in [0.05, 0.1) is 11.9 Å². The summed E-state index contributed by atoms with van der Waals surface area (Å²) in [6, 6.07) is 5.39. The third-order valence-corrected chi connectivity index (χ3v) is 6.15. The number of carbonyl (C=O) groups excluding carboxylic acids is 1. The van der Waals surface area contributed by atoms with Crippen molar-refractivity contribution in [2.45, 2.75) is 19.3 Å². The molecule has 0 unspecified atom stereocenters. The maximum atomic E-state index is 12.7. The lowest BCUT2D eigenvalue weighted by Gasteiger charge is -2.32. The minimum atomic E-state index is -3.25. The summed E-state index contributed by atoms with van der Waals surface area (Å²) in [6.45, 7) is 3.04. The highest BCUT2D eigenvalue weighted by Gasteiger charge is 2.28. The van der Waals surface area contributed by atoms with Crippen molar-refractivity contribution in [1.82, 2.24) is 10.2 Å². The van der Waals surface area contributed by atoms with Crippen LogP contribution in [0, 0.1) is 5.92 Å². The molecule has 0 spiro atoms. The van der Waals surface area contributed by atoms with Crippen molar-refractivity contribution in [3.8, 4) is 0 Å². The van der Waals surface area contributed by atoms with Gasteiger partial charge < -0.3 is 10.2 Å². The second-order valence-electron chi connectivity index (χ2n) is 6.72. The zero-order valence-electron chi connectivity index (χ0n) is 14.7. The molecular weight excluding hydrogens is 362 g/mol. The zero-order chi connectivity index (χ0) is 17.3. The van der Waals surface area contributed by atoms with Crippen molar-refractivity contribution in [3.05, 3.63) is 29.3 Å². The van der Waals surface area contributed by atoms with E-state index in [1.807, 2.05) is 18.0 Å². The summed E-state index contributed by atoms with van der Waals surface area (Å²) < 4.78 is 25.0. The molecule has 2 aliphatic rings. The van der Waals surface area contributed by atoms with Gasteiger partial charge in [0.25, 0.3) is 5.91 Å². The summed E-state index contributed by atoms with van der Waals surface area (Å²) >= 11 is 0. The Labute approximate surface area is 156 Å². The van der Waals surface area contributed by atoms with Crippen LogP contribution in [-0.4, -0.2) is 58.7 Å². The molecule has 140 valence electrons. The first-order valence-electron chi connectivity index (χ1n) is 8.44. The molecule has 1 N–H and O–H groups in total. The zero-order valence-corrected chi connectivity index (χ0v) is 16.3. The topological polar surface area (TPSA) is 69.7 Å². The van der Waals surface area contributed by atoms with E-state index in [2.05, 4.69) is 5.32 Å². The maximum absolute atomic E-state index is 12.7. The quantitative estimate of drug-likeness (QED) is 0.850. The second kappa shape index (κ2) is 7.93. The van der Waals surface area contributed by atoms with Crippen LogP contribution in [0.15, 0.2) is 18.2 Å². The summed E-state index contributed by atoms with van der Waals surface area (Å²) in [5.74, 6) is 0.695. The monoisotopic (exact) mass is 387 g/mol. The van der Waals surface area contributed by atoms with Gasteiger partial charge in [0.1, 0.15) is 0 Å². The molecule has 3 rings (SSSR count). The number of sulfonamides is 1. The summed E-state index contributed by atoms with van der Waals surface area (Å²) in [5.41, 5.74) is 2.31. The number of nitrogens with zero attached hydrogens (tertiary/aromatic N) is 2. The molecule has 0 bridgehead atoms. The van der Waals surface area contributed by atoms with Gasteiger partial charge in [0.15, 0.2) is 0 Å². The summed E-state index contributed by atoms with van der Waals surface area (Å²) in [7, 11) is -1.29. The fourth-order valence-electron chi connectivity index (χ4n) is 3.66. The highest BCUT2D eigenvalue weighted by atomic mass is 35.5. The molecule has 1 saturated heterocycles. The number of piperidine rings is 1. The van der Waals surface area contributed by atoms with Gasteiger partial charge in [0.2, 0.25) is 10.0 Å². The molecule has 25 heavy (non-hydrogen) atoms. The van der Waals surface area contributed by atoms with Gasteiger partial charge >= 0.3 is 0 Å². The molecule has 2 heterocycles. The Kier molecular flexibility index (Phi) is 6.35. The molecule has 1 amide bonds. The minimum Gasteiger partial charge on any atom is -0.339 e. The molecule has 1 fully saturated rings. The maximum Gasteiger partial charge on any atom is 0.253 e. The van der Waals surface area contributed by atoms with E-state index in [1.54, 1.807) is 12.1 Å². The highest BCUT2D eigenvalue weighted by Crippen LogP contribution is 2.31. The van der Waals surface area contributed by atoms with Crippen LogP contribution < -0.4 is 9.62 Å². The average molecular weight is 388 g/mol. The average Bonchev–Trinajstić information content (AvgIpc) is 2.98. The first-order valence-corrected chi connectivity index (χ1v) is 10.3. The fraction of sp³-hybridized carbons (Fsp3) is 0.588. The summed E-state index contributed by atoms with van der Waals surface area (Å²) in [4.78, 5) is 14.6. The van der Waals surface area contributed by atoms with E-state index >= 15 is 0 Å². The number of halogens is 1. The van der Waals surface area contributed by atoms with Crippen molar-refractivity contribution in [3.63, 3.8) is 0 Å². The number of carbonyl (C=O) groups is 1. The van der Waals surface area contributed by atoms with Gasteiger partial charge in [-0.3, -0.25) is 9.10 Å². The van der Waals surface area contributed by atoms with Crippen LogP contribution in [-0.2, 0) is 16.4 Å². The standard InChI is InChI=1S/C17H25N3O3S.ClH/c1-18-12-13-5-8-19(9-6-13)17(21)15-3-4-16-14(11-15)7-10-20(16)24(2,22)23;/h3-4,11,13,18H,5-10,12H2,1-2H3;1H. The molecule has 2 aliphatic heterocycles. The Morgan fingerprint density at radius 2 is 1.92 bits per heavy atom. The van der Waals surface area contributed by atoms with E-state index in [4.69, 9.17) is 0 Å². The van der Waals surface area contributed by atoms with Crippen molar-refractivity contribution in [2.75, 3.05) is 43.8 Å². The number of benzene rings is 1. The highest BCUT2D eigenvalue weighted by molar-refractivity contribution is 7.92. The van der Waals surface area contributed by atoms with Crippen LogP contribution in [0.5, 0.6) is 0 Å². The van der Waals surface area contributed by atoms with Crippen molar-refractivity contribution in [1.29, 1.82) is 0 Å². The first-order chi connectivity index (χ1) is 11.4. The van der Waals surface area contributed by atoms with E-state index < -0.39 is 10.0 Å². The van der Waals surface area contributed by atoms with E-state index in [9.17, 15) is 13.2 Å². The van der Waals surface area contributed by atoms with Gasteiger partial charge in [-0.15, -0.1) is 12.4 Å². The lowest BCUT2D eigenvalue weighted by Crippen LogP contribution is -2.40. The molecule has 0 atom stereocenters. The third kappa shape index (κ3) is 4.27. The number of nitrogens with one attached hydrogen (secondary N) is 1. The lowest BCUT2D eigenvalue weighted by atomic mass is 9.96. The number of hydrogen-bond acceptors (Lipinski definition) is 4. The number of amides is 1. The van der Waals surface area contributed by atoms with E-state index in [0.29, 0.717) is 30.1 Å². The summed E-state index contributed by atoms with van der Waals surface area (Å²) in [6.07, 6.45) is 3.93. The molecule has 0 saturated carbocycles. The molecule has 0 aliphatic carbocycles. The Morgan fingerprint density at radius 3 is 2.52 bits per heavy atom. The van der Waals surface area contributed by atoms with Gasteiger partial charge in [-0.2, -0.15) is 0 Å². The smallest absolute Gasteiger partial charge is 0.253 e. The van der Waals surface area contributed by atoms with Gasteiger partial charge in [0, 0.05) is 25.2 Å². The number of likely N-dealkylation sites (tertiary alicyclic amines) is 1. The number of rotatable bonds is 4. The van der Waals surface area contributed by atoms with Crippen LogP contribution in [0.1, 0.15) is 28.8 Å². The third-order valence-electron chi connectivity index (χ3n) is 4.97. The molecule has 0 radical (unpaired) electrons. The van der Waals surface area contributed by atoms with Crippen LogP contribution in [0.2, 0.25) is 0 Å². The minimum absolute atomic E-state index is 0. The predicted molar refractivity (Wildman–Crippen MR) is 102 cm³/mol. The van der Waals surface area contributed by atoms with Crippen LogP contribution in [0.25, 0.3) is 0 Å². The van der Waals surface area contributed by atoms with Crippen LogP contribution >= 0.6 is 12.4 Å². The number of fused-ring (bicyclic) bond motifs is 1. The van der Waals surface area contributed by atoms with E-state index in [1.165, 1.54) is 10.6 Å². The van der Waals surface area contributed by atoms with Crippen molar-refractivity contribution < 1.29 is 13.2 Å². The lowest BCUT2D eigenvalue weighted by molar-refractivity contribution is 0.0691. The van der Waals surface area contributed by atoms with Gasteiger partial charge in [-0.25, -0.2) is 8.42 Å². The van der Waals surface area contributed by atoms with E-state index in [0.717, 1.165) is 38.0 Å². The molecule has 1 aromatic carbocycles. The molecule has 0 aromatic heterocycles. The van der Waals surface area contributed by atoms with E-state index in [-0.39, 0.29) is 18.3 Å². The second-order valence-corrected chi connectivity index (χ2v) is 8.63. The van der Waals surface area contributed by atoms with Crippen LogP contribution in [0.4, 0.5) is 5.69 Å². The van der Waals surface area contributed by atoms with Gasteiger partial charge in [-0.1, -0.05) is 0 Å². The predicted octanol–water partition coefficient (Wildman–Crippen LogP) is 1.50.